The second kappa shape index (κ2) is 6.51. The van der Waals surface area contributed by atoms with Gasteiger partial charge in [-0.1, -0.05) is 40.7 Å². The van der Waals surface area contributed by atoms with E-state index in [1.165, 1.54) is 17.5 Å². The van der Waals surface area contributed by atoms with Gasteiger partial charge in [-0.15, -0.1) is 0 Å². The fourth-order valence-electron chi connectivity index (χ4n) is 1.75. The molecule has 0 atom stereocenters. The molecule has 0 saturated heterocycles. The number of allylic oxidation sites excluding steroid dienone is 3. The van der Waals surface area contributed by atoms with Crippen LogP contribution in [-0.4, -0.2) is 6.34 Å². The van der Waals surface area contributed by atoms with E-state index in [1.54, 1.807) is 0 Å². The maximum atomic E-state index is 5.32. The third kappa shape index (κ3) is 3.84. The summed E-state index contributed by atoms with van der Waals surface area (Å²) in [5, 5.41) is 0. The monoisotopic (exact) mass is 222 g/mol. The van der Waals surface area contributed by atoms with Gasteiger partial charge in [0.25, 0.3) is 0 Å². The molecule has 0 saturated carbocycles. The number of aliphatic imine (C=N–C) groups is 1. The van der Waals surface area contributed by atoms with Gasteiger partial charge in [-0.2, -0.15) is 0 Å². The average molecular weight is 222 g/mol. The molecule has 0 radical (unpaired) electrons. The lowest BCUT2D eigenvalue weighted by Crippen LogP contribution is -2.17. The zero-order chi connectivity index (χ0) is 12.8. The summed E-state index contributed by atoms with van der Waals surface area (Å²) in [6.07, 6.45) is 6.51. The summed E-state index contributed by atoms with van der Waals surface area (Å²) in [4.78, 5) is 4.09. The van der Waals surface area contributed by atoms with Gasteiger partial charge in [0.15, 0.2) is 0 Å². The summed E-state index contributed by atoms with van der Waals surface area (Å²) in [5.41, 5.74) is 8.11. The molecule has 0 aliphatic carbocycles. The standard InChI is InChI=1S/C14H26N2/c1-7-12(11(3)4)13(9-16-10-15)14(5,6)8-2/h7,9-11H,8H2,1-6H3,(H2,15,16)/b12-7-,13-9+. The number of nitrogens with zero attached hydrogens (tertiary/aromatic N) is 1. The molecule has 0 aromatic rings. The van der Waals surface area contributed by atoms with Crippen LogP contribution in [0.15, 0.2) is 28.4 Å². The molecule has 92 valence electrons. The van der Waals surface area contributed by atoms with Gasteiger partial charge < -0.3 is 5.73 Å². The van der Waals surface area contributed by atoms with Crippen molar-refractivity contribution >= 4 is 6.34 Å². The van der Waals surface area contributed by atoms with Gasteiger partial charge >= 0.3 is 0 Å². The fourth-order valence-corrected chi connectivity index (χ4v) is 1.75. The van der Waals surface area contributed by atoms with Crippen LogP contribution in [0, 0.1) is 11.3 Å². The molecule has 0 aromatic carbocycles. The Labute approximate surface area is 100 Å². The van der Waals surface area contributed by atoms with Crippen molar-refractivity contribution in [2.45, 2.75) is 48.0 Å². The third-order valence-electron chi connectivity index (χ3n) is 3.15. The number of hydrogen-bond donors (Lipinski definition) is 1. The Hall–Kier alpha value is -1.05. The summed E-state index contributed by atoms with van der Waals surface area (Å²) in [6, 6.07) is 0. The molecule has 0 bridgehead atoms. The highest BCUT2D eigenvalue weighted by Gasteiger charge is 2.24. The van der Waals surface area contributed by atoms with Crippen LogP contribution >= 0.6 is 0 Å². The van der Waals surface area contributed by atoms with Crippen molar-refractivity contribution in [2.24, 2.45) is 22.1 Å². The highest BCUT2D eigenvalue weighted by Crippen LogP contribution is 2.37. The van der Waals surface area contributed by atoms with Crippen LogP contribution in [0.25, 0.3) is 0 Å². The Morgan fingerprint density at radius 2 is 1.94 bits per heavy atom. The van der Waals surface area contributed by atoms with Gasteiger partial charge in [-0.25, -0.2) is 4.99 Å². The maximum absolute atomic E-state index is 5.32. The number of hydrogen-bond acceptors (Lipinski definition) is 1. The lowest BCUT2D eigenvalue weighted by Gasteiger charge is -2.30. The molecule has 2 heteroatoms. The van der Waals surface area contributed by atoms with Crippen LogP contribution in [-0.2, 0) is 0 Å². The van der Waals surface area contributed by atoms with Crippen LogP contribution < -0.4 is 5.73 Å². The van der Waals surface area contributed by atoms with E-state index in [4.69, 9.17) is 5.73 Å². The van der Waals surface area contributed by atoms with Crippen molar-refractivity contribution in [1.29, 1.82) is 0 Å². The quantitative estimate of drug-likeness (QED) is 0.428. The zero-order valence-electron chi connectivity index (χ0n) is 11.5. The first-order valence-corrected chi connectivity index (χ1v) is 6.01. The molecule has 0 fully saturated rings. The molecular weight excluding hydrogens is 196 g/mol. The van der Waals surface area contributed by atoms with Gasteiger partial charge in [-0.3, -0.25) is 0 Å². The summed E-state index contributed by atoms with van der Waals surface area (Å²) in [7, 11) is 0. The second-order valence-corrected chi connectivity index (χ2v) is 4.98. The first kappa shape index (κ1) is 14.9. The topological polar surface area (TPSA) is 38.4 Å². The van der Waals surface area contributed by atoms with Crippen LogP contribution in [0.2, 0.25) is 0 Å². The Morgan fingerprint density at radius 3 is 2.25 bits per heavy atom. The Balaban J connectivity index is 5.42. The van der Waals surface area contributed by atoms with E-state index in [0.29, 0.717) is 5.92 Å². The molecule has 2 nitrogen and oxygen atoms in total. The Morgan fingerprint density at radius 1 is 1.38 bits per heavy atom. The van der Waals surface area contributed by atoms with Gasteiger partial charge in [0.1, 0.15) is 0 Å². The highest BCUT2D eigenvalue weighted by molar-refractivity contribution is 5.53. The van der Waals surface area contributed by atoms with Crippen LogP contribution in [0.3, 0.4) is 0 Å². The van der Waals surface area contributed by atoms with Gasteiger partial charge in [0.05, 0.1) is 6.34 Å². The molecule has 0 heterocycles. The van der Waals surface area contributed by atoms with Crippen LogP contribution in [0.4, 0.5) is 0 Å². The smallest absolute Gasteiger partial charge is 0.0852 e. The van der Waals surface area contributed by atoms with E-state index in [2.05, 4.69) is 52.6 Å². The van der Waals surface area contributed by atoms with Crippen molar-refractivity contribution in [3.05, 3.63) is 23.4 Å². The van der Waals surface area contributed by atoms with E-state index in [0.717, 1.165) is 6.42 Å². The highest BCUT2D eigenvalue weighted by atomic mass is 14.8. The average Bonchev–Trinajstić information content (AvgIpc) is 2.23. The molecule has 0 unspecified atom stereocenters. The van der Waals surface area contributed by atoms with E-state index < -0.39 is 0 Å². The Kier molecular flexibility index (Phi) is 6.09. The lowest BCUT2D eigenvalue weighted by molar-refractivity contribution is 0.426. The van der Waals surface area contributed by atoms with Gasteiger partial charge in [0, 0.05) is 6.20 Å². The predicted molar refractivity (Wildman–Crippen MR) is 73.4 cm³/mol. The molecule has 0 aliphatic rings. The molecule has 0 aromatic heterocycles. The predicted octanol–water partition coefficient (Wildman–Crippen LogP) is 3.90. The number of nitrogens with two attached hydrogens (primary N) is 1. The van der Waals surface area contributed by atoms with E-state index >= 15 is 0 Å². The molecule has 0 amide bonds. The normalized spacial score (nSPS) is 15.2. The minimum Gasteiger partial charge on any atom is -0.390 e. The fraction of sp³-hybridized carbons (Fsp3) is 0.643. The Bertz CT molecular complexity index is 294. The SMILES string of the molecule is C\C=C(/C(=C\N=C/N)C(C)(C)CC)C(C)C. The minimum absolute atomic E-state index is 0.138. The van der Waals surface area contributed by atoms with Crippen molar-refractivity contribution in [3.63, 3.8) is 0 Å². The summed E-state index contributed by atoms with van der Waals surface area (Å²) >= 11 is 0. The van der Waals surface area contributed by atoms with Gasteiger partial charge in [-0.05, 0) is 35.8 Å². The summed E-state index contributed by atoms with van der Waals surface area (Å²) < 4.78 is 0. The first-order chi connectivity index (χ1) is 7.40. The molecule has 0 rings (SSSR count). The summed E-state index contributed by atoms with van der Waals surface area (Å²) in [5.74, 6) is 0.509. The molecule has 0 aliphatic heterocycles. The van der Waals surface area contributed by atoms with Crippen molar-refractivity contribution < 1.29 is 0 Å². The van der Waals surface area contributed by atoms with E-state index in [9.17, 15) is 0 Å². The molecule has 0 spiro atoms. The van der Waals surface area contributed by atoms with E-state index in [-0.39, 0.29) is 5.41 Å². The second-order valence-electron chi connectivity index (χ2n) is 4.98. The van der Waals surface area contributed by atoms with Crippen LogP contribution in [0.5, 0.6) is 0 Å². The van der Waals surface area contributed by atoms with Gasteiger partial charge in [0.2, 0.25) is 0 Å². The number of rotatable bonds is 5. The van der Waals surface area contributed by atoms with Crippen LogP contribution in [0.1, 0.15) is 48.0 Å². The summed E-state index contributed by atoms with van der Waals surface area (Å²) in [6.45, 7) is 13.2. The zero-order valence-corrected chi connectivity index (χ0v) is 11.5. The maximum Gasteiger partial charge on any atom is 0.0852 e. The molecule has 16 heavy (non-hydrogen) atoms. The third-order valence-corrected chi connectivity index (χ3v) is 3.15. The largest absolute Gasteiger partial charge is 0.390 e. The molecular formula is C14H26N2. The first-order valence-electron chi connectivity index (χ1n) is 6.01. The lowest BCUT2D eigenvalue weighted by atomic mass is 9.75. The van der Waals surface area contributed by atoms with Crippen molar-refractivity contribution in [3.8, 4) is 0 Å². The minimum atomic E-state index is 0.138. The molecule has 2 N–H and O–H groups in total. The van der Waals surface area contributed by atoms with E-state index in [1.807, 2.05) is 6.20 Å². The van der Waals surface area contributed by atoms with Crippen molar-refractivity contribution in [1.82, 2.24) is 0 Å². The van der Waals surface area contributed by atoms with Crippen molar-refractivity contribution in [2.75, 3.05) is 0 Å².